The van der Waals surface area contributed by atoms with E-state index in [1.807, 2.05) is 19.1 Å². The van der Waals surface area contributed by atoms with E-state index in [2.05, 4.69) is 0 Å². The molecule has 0 aromatic carbocycles. The molecule has 0 aliphatic carbocycles. The first kappa shape index (κ1) is 10.7. The van der Waals surface area contributed by atoms with Crippen LogP contribution in [0.5, 0.6) is 0 Å². The highest BCUT2D eigenvalue weighted by molar-refractivity contribution is 7.85. The highest BCUT2D eigenvalue weighted by Crippen LogP contribution is 1.98. The van der Waals surface area contributed by atoms with Crippen molar-refractivity contribution in [3.63, 3.8) is 0 Å². The van der Waals surface area contributed by atoms with Gasteiger partial charge in [-0.05, 0) is 26.2 Å². The van der Waals surface area contributed by atoms with Gasteiger partial charge in [-0.1, -0.05) is 12.2 Å². The lowest BCUT2D eigenvalue weighted by Gasteiger charge is -1.94. The van der Waals surface area contributed by atoms with Crippen molar-refractivity contribution in [2.24, 2.45) is 0 Å². The average Bonchev–Trinajstić information content (AvgIpc) is 1.85. The van der Waals surface area contributed by atoms with Crippen molar-refractivity contribution >= 4 is 10.1 Å². The summed E-state index contributed by atoms with van der Waals surface area (Å²) in [7, 11) is -3.74. The van der Waals surface area contributed by atoms with E-state index in [1.54, 1.807) is 0 Å². The second-order valence-electron chi connectivity index (χ2n) is 2.35. The first-order chi connectivity index (χ1) is 5.06. The van der Waals surface area contributed by atoms with E-state index in [0.717, 1.165) is 12.8 Å². The topological polar surface area (TPSA) is 54.4 Å². The molecule has 0 aliphatic rings. The smallest absolute Gasteiger partial charge is 0.264 e. The fourth-order valence-electron chi connectivity index (χ4n) is 0.713. The van der Waals surface area contributed by atoms with Crippen molar-refractivity contribution in [3.8, 4) is 0 Å². The van der Waals surface area contributed by atoms with E-state index in [9.17, 15) is 8.42 Å². The quantitative estimate of drug-likeness (QED) is 0.395. The van der Waals surface area contributed by atoms with Crippen LogP contribution < -0.4 is 0 Å². The lowest BCUT2D eigenvalue weighted by Crippen LogP contribution is -2.02. The van der Waals surface area contributed by atoms with E-state index in [1.165, 1.54) is 0 Å². The van der Waals surface area contributed by atoms with Gasteiger partial charge in [0.1, 0.15) is 0 Å². The molecule has 0 radical (unpaired) electrons. The minimum Gasteiger partial charge on any atom is -0.286 e. The Morgan fingerprint density at radius 2 is 2.00 bits per heavy atom. The van der Waals surface area contributed by atoms with Crippen LogP contribution in [0.25, 0.3) is 0 Å². The molecule has 0 aromatic heterocycles. The normalized spacial score (nSPS) is 12.5. The zero-order valence-electron chi connectivity index (χ0n) is 6.66. The number of hydrogen-bond acceptors (Lipinski definition) is 2. The summed E-state index contributed by atoms with van der Waals surface area (Å²) >= 11 is 0. The maximum absolute atomic E-state index is 10.2. The van der Waals surface area contributed by atoms with Gasteiger partial charge in [0.2, 0.25) is 0 Å². The summed E-state index contributed by atoms with van der Waals surface area (Å²) in [5.41, 5.74) is 0. The molecular formula is C7H14O3S. The molecule has 1 N–H and O–H groups in total. The first-order valence-electron chi connectivity index (χ1n) is 3.62. The van der Waals surface area contributed by atoms with Crippen LogP contribution in [0.1, 0.15) is 26.2 Å². The minimum absolute atomic E-state index is 0.120. The van der Waals surface area contributed by atoms with Crippen molar-refractivity contribution in [1.29, 1.82) is 0 Å². The summed E-state index contributed by atoms with van der Waals surface area (Å²) in [5, 5.41) is 0. The fraction of sp³-hybridized carbons (Fsp3) is 0.714. The Hall–Kier alpha value is -0.350. The molecule has 11 heavy (non-hydrogen) atoms. The van der Waals surface area contributed by atoms with Crippen LogP contribution >= 0.6 is 0 Å². The molecule has 0 heterocycles. The third-order valence-electron chi connectivity index (χ3n) is 1.26. The highest BCUT2D eigenvalue weighted by Gasteiger charge is 2.01. The Labute approximate surface area is 67.9 Å². The summed E-state index contributed by atoms with van der Waals surface area (Å²) in [6, 6.07) is 0. The van der Waals surface area contributed by atoms with E-state index in [0.29, 0.717) is 6.42 Å². The first-order valence-corrected chi connectivity index (χ1v) is 5.23. The lowest BCUT2D eigenvalue weighted by molar-refractivity contribution is 0.480. The van der Waals surface area contributed by atoms with Gasteiger partial charge in [0.25, 0.3) is 10.1 Å². The summed E-state index contributed by atoms with van der Waals surface area (Å²) in [5.74, 6) is -0.120. The van der Waals surface area contributed by atoms with Crippen LogP contribution in [0, 0.1) is 0 Å². The highest BCUT2D eigenvalue weighted by atomic mass is 32.2. The monoisotopic (exact) mass is 178 g/mol. The predicted molar refractivity (Wildman–Crippen MR) is 45.1 cm³/mol. The second-order valence-corrected chi connectivity index (χ2v) is 3.92. The van der Waals surface area contributed by atoms with E-state index >= 15 is 0 Å². The van der Waals surface area contributed by atoms with Crippen molar-refractivity contribution in [2.45, 2.75) is 26.2 Å². The summed E-state index contributed by atoms with van der Waals surface area (Å²) in [4.78, 5) is 0. The second kappa shape index (κ2) is 5.32. The van der Waals surface area contributed by atoms with Crippen molar-refractivity contribution in [1.82, 2.24) is 0 Å². The van der Waals surface area contributed by atoms with Gasteiger partial charge in [0, 0.05) is 0 Å². The van der Waals surface area contributed by atoms with Crippen molar-refractivity contribution in [3.05, 3.63) is 12.2 Å². The van der Waals surface area contributed by atoms with Crippen LogP contribution in [-0.4, -0.2) is 18.7 Å². The fourth-order valence-corrected chi connectivity index (χ4v) is 1.28. The van der Waals surface area contributed by atoms with Gasteiger partial charge in [-0.25, -0.2) is 0 Å². The van der Waals surface area contributed by atoms with E-state index in [-0.39, 0.29) is 5.75 Å². The molecule has 0 amide bonds. The standard InChI is InChI=1S/C7H14O3S/c1-2-3-4-5-6-7-11(8,9)10/h2-3H,4-7H2,1H3,(H,8,9,10)/b3-2+. The maximum atomic E-state index is 10.2. The Morgan fingerprint density at radius 3 is 2.45 bits per heavy atom. The van der Waals surface area contributed by atoms with Gasteiger partial charge < -0.3 is 0 Å². The van der Waals surface area contributed by atoms with Crippen LogP contribution in [0.15, 0.2) is 12.2 Å². The Morgan fingerprint density at radius 1 is 1.36 bits per heavy atom. The van der Waals surface area contributed by atoms with Gasteiger partial charge in [0.15, 0.2) is 0 Å². The molecule has 66 valence electrons. The molecule has 0 aromatic rings. The SMILES string of the molecule is C/C=C/CCCCS(=O)(=O)O. The molecular weight excluding hydrogens is 164 g/mol. The summed E-state index contributed by atoms with van der Waals surface area (Å²) in [6.45, 7) is 1.92. The van der Waals surface area contributed by atoms with Gasteiger partial charge in [-0.3, -0.25) is 4.55 Å². The Bertz CT molecular complexity index is 204. The number of hydrogen-bond donors (Lipinski definition) is 1. The molecule has 4 heteroatoms. The molecule has 0 atom stereocenters. The number of unbranched alkanes of at least 4 members (excludes halogenated alkanes) is 2. The molecule has 0 spiro atoms. The summed E-state index contributed by atoms with van der Waals surface area (Å²) in [6.07, 6.45) is 6.12. The van der Waals surface area contributed by atoms with Crippen molar-refractivity contribution in [2.75, 3.05) is 5.75 Å². The molecule has 0 bridgehead atoms. The zero-order valence-corrected chi connectivity index (χ0v) is 7.47. The zero-order chi connectivity index (χ0) is 8.74. The van der Waals surface area contributed by atoms with Gasteiger partial charge >= 0.3 is 0 Å². The van der Waals surface area contributed by atoms with Gasteiger partial charge in [0.05, 0.1) is 5.75 Å². The lowest BCUT2D eigenvalue weighted by atomic mass is 10.2. The van der Waals surface area contributed by atoms with Crippen LogP contribution in [-0.2, 0) is 10.1 Å². The molecule has 0 unspecified atom stereocenters. The summed E-state index contributed by atoms with van der Waals surface area (Å²) < 4.78 is 28.7. The molecule has 0 aliphatic heterocycles. The molecule has 0 saturated heterocycles. The third kappa shape index (κ3) is 9.65. The predicted octanol–water partition coefficient (Wildman–Crippen LogP) is 1.62. The largest absolute Gasteiger partial charge is 0.286 e. The maximum Gasteiger partial charge on any atom is 0.264 e. The van der Waals surface area contributed by atoms with Crippen LogP contribution in [0.4, 0.5) is 0 Å². The van der Waals surface area contributed by atoms with Crippen LogP contribution in [0.2, 0.25) is 0 Å². The number of rotatable bonds is 5. The van der Waals surface area contributed by atoms with Crippen molar-refractivity contribution < 1.29 is 13.0 Å². The minimum atomic E-state index is -3.74. The average molecular weight is 178 g/mol. The van der Waals surface area contributed by atoms with Crippen LogP contribution in [0.3, 0.4) is 0 Å². The Balaban J connectivity index is 3.29. The van der Waals surface area contributed by atoms with E-state index in [4.69, 9.17) is 4.55 Å². The van der Waals surface area contributed by atoms with E-state index < -0.39 is 10.1 Å². The Kier molecular flexibility index (Phi) is 5.15. The van der Waals surface area contributed by atoms with Gasteiger partial charge in [-0.15, -0.1) is 0 Å². The number of allylic oxidation sites excluding steroid dienone is 2. The third-order valence-corrected chi connectivity index (χ3v) is 2.06. The van der Waals surface area contributed by atoms with Gasteiger partial charge in [-0.2, -0.15) is 8.42 Å². The molecule has 3 nitrogen and oxygen atoms in total. The molecule has 0 rings (SSSR count). The molecule has 0 saturated carbocycles. The molecule has 0 fully saturated rings.